The Balaban J connectivity index is 1.93. The number of para-hydroxylation sites is 1. The second kappa shape index (κ2) is 8.15. The normalized spacial score (nSPS) is 19.4. The first-order valence-electron chi connectivity index (χ1n) is 8.02. The van der Waals surface area contributed by atoms with Gasteiger partial charge in [0.15, 0.2) is 0 Å². The van der Waals surface area contributed by atoms with E-state index in [1.807, 2.05) is 42.2 Å². The van der Waals surface area contributed by atoms with Gasteiger partial charge in [-0.05, 0) is 57.3 Å². The molecule has 1 aliphatic rings. The maximum absolute atomic E-state index is 12.6. The maximum Gasteiger partial charge on any atom is 0.241 e. The Morgan fingerprint density at radius 2 is 2.14 bits per heavy atom. The van der Waals surface area contributed by atoms with Crippen molar-refractivity contribution in [3.63, 3.8) is 0 Å². The Morgan fingerprint density at radius 3 is 2.81 bits per heavy atom. The van der Waals surface area contributed by atoms with Crippen molar-refractivity contribution >= 4 is 11.6 Å². The van der Waals surface area contributed by atoms with E-state index in [1.165, 1.54) is 12.8 Å². The van der Waals surface area contributed by atoms with Crippen LogP contribution in [0.15, 0.2) is 30.3 Å². The zero-order valence-corrected chi connectivity index (χ0v) is 13.0. The van der Waals surface area contributed by atoms with Gasteiger partial charge in [0.2, 0.25) is 5.91 Å². The summed E-state index contributed by atoms with van der Waals surface area (Å²) in [4.78, 5) is 16.7. The number of benzene rings is 1. The molecule has 116 valence electrons. The minimum absolute atomic E-state index is 0.192. The molecule has 4 heteroatoms. The summed E-state index contributed by atoms with van der Waals surface area (Å²) >= 11 is 0. The quantitative estimate of drug-likeness (QED) is 0.872. The van der Waals surface area contributed by atoms with Crippen molar-refractivity contribution in [1.82, 2.24) is 4.90 Å². The van der Waals surface area contributed by atoms with Crippen molar-refractivity contribution in [3.05, 3.63) is 30.3 Å². The molecule has 0 radical (unpaired) electrons. The first-order valence-corrected chi connectivity index (χ1v) is 8.02. The van der Waals surface area contributed by atoms with E-state index >= 15 is 0 Å². The van der Waals surface area contributed by atoms with Gasteiger partial charge in [0, 0.05) is 18.8 Å². The molecule has 1 amide bonds. The smallest absolute Gasteiger partial charge is 0.241 e. The topological polar surface area (TPSA) is 49.6 Å². The molecular weight excluding hydrogens is 262 g/mol. The molecule has 0 saturated carbocycles. The van der Waals surface area contributed by atoms with Crippen LogP contribution in [0.1, 0.15) is 26.2 Å². The largest absolute Gasteiger partial charge is 0.330 e. The summed E-state index contributed by atoms with van der Waals surface area (Å²) in [5, 5.41) is 0. The summed E-state index contributed by atoms with van der Waals surface area (Å²) < 4.78 is 0. The van der Waals surface area contributed by atoms with Gasteiger partial charge in [-0.3, -0.25) is 9.69 Å². The molecule has 0 spiro atoms. The van der Waals surface area contributed by atoms with Gasteiger partial charge < -0.3 is 10.6 Å². The minimum Gasteiger partial charge on any atom is -0.330 e. The molecule has 1 unspecified atom stereocenters. The van der Waals surface area contributed by atoms with Crippen LogP contribution in [-0.4, -0.2) is 43.5 Å². The van der Waals surface area contributed by atoms with Crippen molar-refractivity contribution in [2.24, 2.45) is 11.7 Å². The van der Waals surface area contributed by atoms with Crippen LogP contribution >= 0.6 is 0 Å². The average Bonchev–Trinajstić information content (AvgIpc) is 2.50. The highest BCUT2D eigenvalue weighted by Gasteiger charge is 2.23. The first-order chi connectivity index (χ1) is 10.2. The number of likely N-dealkylation sites (tertiary alicyclic amines) is 1. The zero-order chi connectivity index (χ0) is 15.1. The van der Waals surface area contributed by atoms with Gasteiger partial charge in [-0.2, -0.15) is 0 Å². The highest BCUT2D eigenvalue weighted by Crippen LogP contribution is 2.20. The Kier molecular flexibility index (Phi) is 6.21. The second-order valence-electron chi connectivity index (χ2n) is 5.79. The molecule has 2 N–H and O–H groups in total. The zero-order valence-electron chi connectivity index (χ0n) is 13.0. The summed E-state index contributed by atoms with van der Waals surface area (Å²) in [6.45, 7) is 6.04. The van der Waals surface area contributed by atoms with Crippen molar-refractivity contribution in [1.29, 1.82) is 0 Å². The summed E-state index contributed by atoms with van der Waals surface area (Å²) in [6.07, 6.45) is 3.49. The van der Waals surface area contributed by atoms with Crippen LogP contribution in [0.4, 0.5) is 5.69 Å². The standard InChI is InChI=1S/C17H27N3O/c1-2-20(16-8-4-3-5-9-16)17(21)14-19-12-6-7-15(13-19)10-11-18/h3-5,8-9,15H,2,6-7,10-14,18H2,1H3. The molecule has 0 aromatic heterocycles. The number of likely N-dealkylation sites (N-methyl/N-ethyl adjacent to an activating group) is 1. The molecule has 0 bridgehead atoms. The number of carbonyl (C=O) groups is 1. The predicted molar refractivity (Wildman–Crippen MR) is 87.3 cm³/mol. The van der Waals surface area contributed by atoms with Gasteiger partial charge in [-0.25, -0.2) is 0 Å². The molecule has 4 nitrogen and oxygen atoms in total. The fraction of sp³-hybridized carbons (Fsp3) is 0.588. The number of hydrogen-bond donors (Lipinski definition) is 1. The van der Waals surface area contributed by atoms with Crippen LogP contribution in [0, 0.1) is 5.92 Å². The van der Waals surface area contributed by atoms with Gasteiger partial charge in [0.05, 0.1) is 6.54 Å². The fourth-order valence-corrected chi connectivity index (χ4v) is 3.15. The van der Waals surface area contributed by atoms with Gasteiger partial charge in [0.25, 0.3) is 0 Å². The third kappa shape index (κ3) is 4.55. The summed E-state index contributed by atoms with van der Waals surface area (Å²) in [5.74, 6) is 0.848. The molecule has 1 aromatic carbocycles. The van der Waals surface area contributed by atoms with Crippen LogP contribution in [-0.2, 0) is 4.79 Å². The SMILES string of the molecule is CCN(C(=O)CN1CCCC(CCN)C1)c1ccccc1. The van der Waals surface area contributed by atoms with Gasteiger partial charge >= 0.3 is 0 Å². The minimum atomic E-state index is 0.192. The number of nitrogens with zero attached hydrogens (tertiary/aromatic N) is 2. The van der Waals surface area contributed by atoms with E-state index in [0.717, 1.165) is 31.7 Å². The van der Waals surface area contributed by atoms with E-state index in [1.54, 1.807) is 0 Å². The number of hydrogen-bond acceptors (Lipinski definition) is 3. The lowest BCUT2D eigenvalue weighted by molar-refractivity contribution is -0.120. The molecule has 0 aliphatic carbocycles. The third-order valence-electron chi connectivity index (χ3n) is 4.22. The third-order valence-corrected chi connectivity index (χ3v) is 4.22. The Bertz CT molecular complexity index is 433. The van der Waals surface area contributed by atoms with Crippen molar-refractivity contribution in [3.8, 4) is 0 Å². The summed E-state index contributed by atoms with van der Waals surface area (Å²) in [6, 6.07) is 9.92. The van der Waals surface area contributed by atoms with Crippen LogP contribution < -0.4 is 10.6 Å². The van der Waals surface area contributed by atoms with E-state index in [9.17, 15) is 4.79 Å². The molecule has 21 heavy (non-hydrogen) atoms. The number of rotatable bonds is 6. The van der Waals surface area contributed by atoms with Crippen LogP contribution in [0.2, 0.25) is 0 Å². The fourth-order valence-electron chi connectivity index (χ4n) is 3.15. The van der Waals surface area contributed by atoms with E-state index < -0.39 is 0 Å². The summed E-state index contributed by atoms with van der Waals surface area (Å²) in [7, 11) is 0. The maximum atomic E-state index is 12.6. The van der Waals surface area contributed by atoms with Crippen LogP contribution in [0.3, 0.4) is 0 Å². The van der Waals surface area contributed by atoms with Crippen molar-refractivity contribution in [2.75, 3.05) is 37.6 Å². The Labute approximate surface area is 127 Å². The van der Waals surface area contributed by atoms with Crippen molar-refractivity contribution < 1.29 is 4.79 Å². The molecule has 1 heterocycles. The molecule has 1 aromatic rings. The molecule has 1 atom stereocenters. The Hall–Kier alpha value is -1.39. The van der Waals surface area contributed by atoms with Gasteiger partial charge in [-0.15, -0.1) is 0 Å². The first kappa shape index (κ1) is 16.0. The van der Waals surface area contributed by atoms with Gasteiger partial charge in [0.1, 0.15) is 0 Å². The highest BCUT2D eigenvalue weighted by molar-refractivity contribution is 5.94. The van der Waals surface area contributed by atoms with E-state index in [4.69, 9.17) is 5.73 Å². The number of amides is 1. The highest BCUT2D eigenvalue weighted by atomic mass is 16.2. The van der Waals surface area contributed by atoms with E-state index in [-0.39, 0.29) is 5.91 Å². The number of piperidine rings is 1. The predicted octanol–water partition coefficient (Wildman–Crippen LogP) is 2.10. The van der Waals surface area contributed by atoms with E-state index in [0.29, 0.717) is 19.0 Å². The van der Waals surface area contributed by atoms with Crippen LogP contribution in [0.5, 0.6) is 0 Å². The second-order valence-corrected chi connectivity index (χ2v) is 5.79. The molecule has 2 rings (SSSR count). The molecule has 1 aliphatic heterocycles. The van der Waals surface area contributed by atoms with Crippen molar-refractivity contribution in [2.45, 2.75) is 26.2 Å². The van der Waals surface area contributed by atoms with E-state index in [2.05, 4.69) is 4.90 Å². The average molecular weight is 289 g/mol. The monoisotopic (exact) mass is 289 g/mol. The summed E-state index contributed by atoms with van der Waals surface area (Å²) in [5.41, 5.74) is 6.64. The molecular formula is C17H27N3O. The lowest BCUT2D eigenvalue weighted by Gasteiger charge is -2.33. The lowest BCUT2D eigenvalue weighted by Crippen LogP contribution is -2.44. The molecule has 1 fully saturated rings. The number of anilines is 1. The van der Waals surface area contributed by atoms with Gasteiger partial charge in [-0.1, -0.05) is 18.2 Å². The Morgan fingerprint density at radius 1 is 1.38 bits per heavy atom. The van der Waals surface area contributed by atoms with Crippen LogP contribution in [0.25, 0.3) is 0 Å². The molecule has 1 saturated heterocycles. The lowest BCUT2D eigenvalue weighted by atomic mass is 9.95. The number of carbonyl (C=O) groups excluding carboxylic acids is 1. The number of nitrogens with two attached hydrogens (primary N) is 1.